The zero-order valence-corrected chi connectivity index (χ0v) is 26.2. The lowest BCUT2D eigenvalue weighted by Gasteiger charge is -2.26. The number of likely N-dealkylation sites (tertiary alicyclic amines) is 2. The number of carbonyl (C=O) groups excluding carboxylic acids is 2. The van der Waals surface area contributed by atoms with Gasteiger partial charge in [-0.2, -0.15) is 55.8 Å². The standard InChI is InChI=1S/C20H28N4O5S.2CHF3O3S/c1-14(11-22-8-2-3-9-22)21-19(25)18-10-17(30)12-23(18)20(26)29-13-15-4-6-16(7-5-15)24(27)28;2*2-1(3,4)8(5,6)7/h4-7,14,17-18,30H,2-3,8-13H2,1H3,(H,21,25);2*(H,5,6,7)/t14?,17-,18-;;/m0../s1. The lowest BCUT2D eigenvalue weighted by atomic mass is 10.2. The van der Waals surface area contributed by atoms with Crippen LogP contribution < -0.4 is 5.32 Å². The maximum absolute atomic E-state index is 12.8. The second-order valence-electron chi connectivity index (χ2n) is 9.79. The monoisotopic (exact) mass is 736 g/mol. The van der Waals surface area contributed by atoms with Crippen molar-refractivity contribution in [2.45, 2.75) is 61.1 Å². The fourth-order valence-electron chi connectivity index (χ4n) is 3.94. The Kier molecular flexibility index (Phi) is 15.0. The zero-order valence-electron chi connectivity index (χ0n) is 23.6. The van der Waals surface area contributed by atoms with Crippen LogP contribution in [-0.4, -0.2) is 107 Å². The van der Waals surface area contributed by atoms with Gasteiger partial charge in [0.25, 0.3) is 5.69 Å². The van der Waals surface area contributed by atoms with Crippen molar-refractivity contribution in [1.82, 2.24) is 15.1 Å². The van der Waals surface area contributed by atoms with Crippen molar-refractivity contribution in [3.63, 3.8) is 0 Å². The van der Waals surface area contributed by atoms with Crippen molar-refractivity contribution >= 4 is 50.6 Å². The summed E-state index contributed by atoms with van der Waals surface area (Å²) < 4.78 is 120. The zero-order chi connectivity index (χ0) is 35.7. The molecule has 264 valence electrons. The van der Waals surface area contributed by atoms with Crippen molar-refractivity contribution in [2.75, 3.05) is 26.2 Å². The summed E-state index contributed by atoms with van der Waals surface area (Å²) in [6, 6.07) is 5.19. The number of nitro benzene ring substituents is 1. The van der Waals surface area contributed by atoms with E-state index in [1.165, 1.54) is 29.9 Å². The summed E-state index contributed by atoms with van der Waals surface area (Å²) in [4.78, 5) is 39.4. The Morgan fingerprint density at radius 2 is 1.50 bits per heavy atom. The third-order valence-corrected chi connectivity index (χ3v) is 7.57. The molecular formula is C22H30F6N4O11S3. The average molecular weight is 737 g/mol. The predicted molar refractivity (Wildman–Crippen MR) is 150 cm³/mol. The summed E-state index contributed by atoms with van der Waals surface area (Å²) >= 11 is 4.45. The summed E-state index contributed by atoms with van der Waals surface area (Å²) in [7, 11) is -11.7. The molecule has 3 N–H and O–H groups in total. The molecule has 0 spiro atoms. The Hall–Kier alpha value is -2.93. The molecule has 0 saturated carbocycles. The first-order valence-electron chi connectivity index (χ1n) is 12.8. The second kappa shape index (κ2) is 16.8. The molecule has 2 fully saturated rings. The van der Waals surface area contributed by atoms with Gasteiger partial charge < -0.3 is 15.0 Å². The summed E-state index contributed by atoms with van der Waals surface area (Å²) in [5, 5.41) is 13.6. The number of thiol groups is 1. The minimum absolute atomic E-state index is 0.00690. The smallest absolute Gasteiger partial charge is 0.445 e. The van der Waals surface area contributed by atoms with E-state index in [4.69, 9.17) is 30.7 Å². The predicted octanol–water partition coefficient (Wildman–Crippen LogP) is 2.99. The SMILES string of the molecule is CC(CN1CCCC1)NC(=O)[C@@H]1C[C@H](S)CN1C(=O)OCc1ccc([N+](=O)[O-])cc1.O=S(=O)(O)C(F)(F)F.O=S(=O)(O)C(F)(F)F. The molecular weight excluding hydrogens is 706 g/mol. The van der Waals surface area contributed by atoms with Crippen molar-refractivity contribution in [3.05, 3.63) is 39.9 Å². The van der Waals surface area contributed by atoms with E-state index in [1.807, 2.05) is 6.92 Å². The van der Waals surface area contributed by atoms with Gasteiger partial charge >= 0.3 is 37.3 Å². The van der Waals surface area contributed by atoms with Crippen LogP contribution in [0.5, 0.6) is 0 Å². The van der Waals surface area contributed by atoms with E-state index in [1.54, 1.807) is 12.1 Å². The first-order chi connectivity index (χ1) is 20.8. The fourth-order valence-corrected chi connectivity index (χ4v) is 4.32. The van der Waals surface area contributed by atoms with Gasteiger partial charge in [-0.15, -0.1) is 0 Å². The molecule has 2 aliphatic heterocycles. The van der Waals surface area contributed by atoms with E-state index >= 15 is 0 Å². The molecule has 3 rings (SSSR count). The number of rotatable bonds is 7. The highest BCUT2D eigenvalue weighted by Gasteiger charge is 2.45. The lowest BCUT2D eigenvalue weighted by molar-refractivity contribution is -0.384. The number of benzene rings is 1. The van der Waals surface area contributed by atoms with Gasteiger partial charge in [0.05, 0.1) is 4.92 Å². The number of carbonyl (C=O) groups is 2. The van der Waals surface area contributed by atoms with Crippen molar-refractivity contribution in [3.8, 4) is 0 Å². The Balaban J connectivity index is 0.000000545. The highest BCUT2D eigenvalue weighted by Crippen LogP contribution is 2.24. The van der Waals surface area contributed by atoms with Gasteiger partial charge in [-0.3, -0.25) is 28.9 Å². The van der Waals surface area contributed by atoms with Crippen LogP contribution in [-0.2, 0) is 36.4 Å². The molecule has 0 radical (unpaired) electrons. The number of ether oxygens (including phenoxy) is 1. The molecule has 15 nitrogen and oxygen atoms in total. The Morgan fingerprint density at radius 3 is 1.91 bits per heavy atom. The highest BCUT2D eigenvalue weighted by atomic mass is 32.2. The minimum Gasteiger partial charge on any atom is -0.445 e. The number of hydrogen-bond acceptors (Lipinski definition) is 11. The van der Waals surface area contributed by atoms with Gasteiger partial charge in [0.2, 0.25) is 5.91 Å². The van der Waals surface area contributed by atoms with E-state index in [-0.39, 0.29) is 29.5 Å². The molecule has 0 aromatic heterocycles. The first-order valence-corrected chi connectivity index (χ1v) is 16.2. The third-order valence-electron chi connectivity index (χ3n) is 6.03. The molecule has 2 amide bonds. The maximum atomic E-state index is 12.8. The number of nitrogens with one attached hydrogen (secondary N) is 1. The molecule has 1 aromatic rings. The van der Waals surface area contributed by atoms with Crippen LogP contribution in [0.15, 0.2) is 24.3 Å². The number of nitro groups is 1. The average Bonchev–Trinajstić information content (AvgIpc) is 3.55. The number of non-ortho nitro benzene ring substituents is 1. The summed E-state index contributed by atoms with van der Waals surface area (Å²) in [5.74, 6) is -0.189. The number of hydrogen-bond donors (Lipinski definition) is 4. The van der Waals surface area contributed by atoms with Crippen LogP contribution in [0.25, 0.3) is 0 Å². The molecule has 1 aromatic carbocycles. The molecule has 24 heteroatoms. The summed E-state index contributed by atoms with van der Waals surface area (Å²) in [6.45, 7) is 5.20. The van der Waals surface area contributed by atoms with Crippen LogP contribution in [0.3, 0.4) is 0 Å². The van der Waals surface area contributed by atoms with Crippen molar-refractivity contribution in [2.24, 2.45) is 0 Å². The largest absolute Gasteiger partial charge is 0.522 e. The highest BCUT2D eigenvalue weighted by molar-refractivity contribution is 7.86. The van der Waals surface area contributed by atoms with E-state index in [0.29, 0.717) is 18.5 Å². The van der Waals surface area contributed by atoms with Crippen LogP contribution >= 0.6 is 12.6 Å². The van der Waals surface area contributed by atoms with Crippen LogP contribution in [0, 0.1) is 10.1 Å². The number of nitrogens with zero attached hydrogens (tertiary/aromatic N) is 3. The van der Waals surface area contributed by atoms with Gasteiger partial charge in [0.1, 0.15) is 12.6 Å². The van der Waals surface area contributed by atoms with E-state index in [2.05, 4.69) is 22.8 Å². The molecule has 3 atom stereocenters. The Morgan fingerprint density at radius 1 is 1.04 bits per heavy atom. The molecule has 1 unspecified atom stereocenters. The lowest BCUT2D eigenvalue weighted by Crippen LogP contribution is -2.50. The number of amides is 2. The van der Waals surface area contributed by atoms with Crippen molar-refractivity contribution < 1.29 is 71.5 Å². The Bertz CT molecular complexity index is 1360. The molecule has 2 saturated heterocycles. The molecule has 2 aliphatic rings. The van der Waals surface area contributed by atoms with Gasteiger partial charge in [0.15, 0.2) is 0 Å². The van der Waals surface area contributed by atoms with E-state index in [9.17, 15) is 46.0 Å². The van der Waals surface area contributed by atoms with Gasteiger partial charge in [-0.25, -0.2) is 4.79 Å². The van der Waals surface area contributed by atoms with E-state index < -0.39 is 48.3 Å². The maximum Gasteiger partial charge on any atom is 0.522 e. The number of alkyl halides is 6. The van der Waals surface area contributed by atoms with Crippen LogP contribution in [0.4, 0.5) is 36.8 Å². The van der Waals surface area contributed by atoms with Crippen molar-refractivity contribution in [1.29, 1.82) is 0 Å². The topological polar surface area (TPSA) is 214 Å². The third kappa shape index (κ3) is 13.8. The van der Waals surface area contributed by atoms with Gasteiger partial charge in [-0.1, -0.05) is 0 Å². The molecule has 46 heavy (non-hydrogen) atoms. The number of halogens is 6. The first kappa shape index (κ1) is 41.1. The molecule has 2 heterocycles. The second-order valence-corrected chi connectivity index (χ2v) is 13.4. The Labute approximate surface area is 264 Å². The summed E-state index contributed by atoms with van der Waals surface area (Å²) in [5.41, 5.74) is -10.5. The van der Waals surface area contributed by atoms with Gasteiger partial charge in [-0.05, 0) is 57.0 Å². The minimum atomic E-state index is -5.84. The normalized spacial score (nSPS) is 19.7. The molecule has 0 aliphatic carbocycles. The van der Waals surface area contributed by atoms with Gasteiger partial charge in [0, 0.05) is 36.5 Å². The van der Waals surface area contributed by atoms with Crippen LogP contribution in [0.2, 0.25) is 0 Å². The van der Waals surface area contributed by atoms with Crippen LogP contribution in [0.1, 0.15) is 31.7 Å². The fraction of sp³-hybridized carbons (Fsp3) is 0.636. The molecule has 0 bridgehead atoms. The summed E-state index contributed by atoms with van der Waals surface area (Å²) in [6.07, 6.45) is 2.27. The van der Waals surface area contributed by atoms with E-state index in [0.717, 1.165) is 19.6 Å². The quantitative estimate of drug-likeness (QED) is 0.0795.